The maximum Gasteiger partial charge on any atom is 0.267 e. The van der Waals surface area contributed by atoms with E-state index in [1.807, 2.05) is 13.0 Å². The van der Waals surface area contributed by atoms with Gasteiger partial charge in [-0.25, -0.2) is 4.98 Å². The zero-order chi connectivity index (χ0) is 13.2. The topological polar surface area (TPSA) is 54.0 Å². The van der Waals surface area contributed by atoms with Crippen LogP contribution in [0.5, 0.6) is 0 Å². The minimum atomic E-state index is -0.0661. The number of amides is 1. The summed E-state index contributed by atoms with van der Waals surface area (Å²) in [5, 5.41) is 6.95. The first-order chi connectivity index (χ1) is 9.22. The van der Waals surface area contributed by atoms with Crippen molar-refractivity contribution >= 4 is 33.7 Å². The molecule has 2 N–H and O–H groups in total. The third kappa shape index (κ3) is 2.86. The number of carbonyl (C=O) groups is 1. The molecule has 3 heterocycles. The molecule has 4 nitrogen and oxygen atoms in total. The number of anilines is 1. The lowest BCUT2D eigenvalue weighted by atomic mass is 10.2. The smallest absolute Gasteiger partial charge is 0.267 e. The molecule has 2 aromatic rings. The molecule has 0 bridgehead atoms. The van der Waals surface area contributed by atoms with Crippen LogP contribution in [0.25, 0.3) is 0 Å². The summed E-state index contributed by atoms with van der Waals surface area (Å²) in [6, 6.07) is 4.37. The quantitative estimate of drug-likeness (QED) is 0.914. The predicted octanol–water partition coefficient (Wildman–Crippen LogP) is 3.19. The van der Waals surface area contributed by atoms with Crippen LogP contribution in [0, 0.1) is 6.92 Å². The van der Waals surface area contributed by atoms with E-state index in [1.54, 1.807) is 17.5 Å². The van der Waals surface area contributed by atoms with E-state index in [9.17, 15) is 4.79 Å². The molecule has 0 aromatic carbocycles. The van der Waals surface area contributed by atoms with E-state index in [0.29, 0.717) is 11.2 Å². The van der Waals surface area contributed by atoms with Gasteiger partial charge in [0.25, 0.3) is 5.91 Å². The van der Waals surface area contributed by atoms with Crippen molar-refractivity contribution in [2.24, 2.45) is 0 Å². The van der Waals surface area contributed by atoms with Gasteiger partial charge in [0.15, 0.2) is 5.13 Å². The Morgan fingerprint density at radius 1 is 1.47 bits per heavy atom. The molecular weight excluding hydrogens is 278 g/mol. The first-order valence-corrected chi connectivity index (χ1v) is 7.92. The Bertz CT molecular complexity index is 584. The van der Waals surface area contributed by atoms with Gasteiger partial charge < -0.3 is 5.32 Å². The molecule has 100 valence electrons. The van der Waals surface area contributed by atoms with Gasteiger partial charge in [-0.3, -0.25) is 10.1 Å². The Morgan fingerprint density at radius 2 is 2.37 bits per heavy atom. The summed E-state index contributed by atoms with van der Waals surface area (Å²) in [5.74, 6) is -0.0661. The molecule has 19 heavy (non-hydrogen) atoms. The van der Waals surface area contributed by atoms with E-state index in [1.165, 1.54) is 22.6 Å². The molecule has 3 rings (SSSR count). The van der Waals surface area contributed by atoms with E-state index in [4.69, 9.17) is 0 Å². The fourth-order valence-corrected chi connectivity index (χ4v) is 3.83. The summed E-state index contributed by atoms with van der Waals surface area (Å²) >= 11 is 3.06. The summed E-state index contributed by atoms with van der Waals surface area (Å²) in [7, 11) is 0. The van der Waals surface area contributed by atoms with Crippen LogP contribution in [-0.2, 0) is 0 Å². The summed E-state index contributed by atoms with van der Waals surface area (Å²) in [6.07, 6.45) is 4.14. The van der Waals surface area contributed by atoms with Gasteiger partial charge >= 0.3 is 0 Å². The summed E-state index contributed by atoms with van der Waals surface area (Å²) < 4.78 is 0. The normalized spacial score (nSPS) is 18.7. The van der Waals surface area contributed by atoms with Gasteiger partial charge in [-0.15, -0.1) is 22.7 Å². The molecule has 2 aromatic heterocycles. The monoisotopic (exact) mass is 293 g/mol. The second-order valence-electron chi connectivity index (χ2n) is 4.58. The van der Waals surface area contributed by atoms with Gasteiger partial charge in [-0.1, -0.05) is 0 Å². The maximum absolute atomic E-state index is 12.1. The summed E-state index contributed by atoms with van der Waals surface area (Å²) in [5.41, 5.74) is 0. The molecule has 1 aliphatic heterocycles. The van der Waals surface area contributed by atoms with Crippen LogP contribution in [-0.4, -0.2) is 17.4 Å². The van der Waals surface area contributed by atoms with Gasteiger partial charge in [0.05, 0.1) is 4.88 Å². The zero-order valence-corrected chi connectivity index (χ0v) is 12.2. The van der Waals surface area contributed by atoms with Crippen molar-refractivity contribution in [1.29, 1.82) is 0 Å². The van der Waals surface area contributed by atoms with Gasteiger partial charge in [-0.2, -0.15) is 0 Å². The molecule has 0 saturated carbocycles. The van der Waals surface area contributed by atoms with Crippen molar-refractivity contribution in [2.75, 3.05) is 11.9 Å². The van der Waals surface area contributed by atoms with Crippen molar-refractivity contribution in [2.45, 2.75) is 25.8 Å². The zero-order valence-electron chi connectivity index (χ0n) is 10.6. The third-order valence-electron chi connectivity index (χ3n) is 3.10. The minimum absolute atomic E-state index is 0.0661. The fourth-order valence-electron chi connectivity index (χ4n) is 2.16. The largest absolute Gasteiger partial charge is 0.309 e. The summed E-state index contributed by atoms with van der Waals surface area (Å²) in [6.45, 7) is 3.05. The molecule has 0 aliphatic carbocycles. The molecule has 1 atom stereocenters. The van der Waals surface area contributed by atoms with Gasteiger partial charge in [0.1, 0.15) is 0 Å². The molecule has 1 unspecified atom stereocenters. The van der Waals surface area contributed by atoms with Crippen LogP contribution in [0.4, 0.5) is 5.13 Å². The van der Waals surface area contributed by atoms with Crippen LogP contribution in [0.2, 0.25) is 0 Å². The maximum atomic E-state index is 12.1. The van der Waals surface area contributed by atoms with Crippen LogP contribution in [0.15, 0.2) is 18.3 Å². The van der Waals surface area contributed by atoms with Gasteiger partial charge in [0, 0.05) is 22.0 Å². The van der Waals surface area contributed by atoms with E-state index < -0.39 is 0 Å². The fraction of sp³-hybridized carbons (Fsp3) is 0.385. The SMILES string of the molecule is Cc1cnc(NC(=O)c2ccc(C3CCCN3)s2)s1. The first-order valence-electron chi connectivity index (χ1n) is 6.29. The number of aromatic nitrogens is 1. The number of rotatable bonds is 3. The van der Waals surface area contributed by atoms with Crippen molar-refractivity contribution in [3.8, 4) is 0 Å². The molecule has 0 spiro atoms. The highest BCUT2D eigenvalue weighted by Gasteiger charge is 2.19. The molecule has 1 aliphatic rings. The van der Waals surface area contributed by atoms with E-state index in [2.05, 4.69) is 21.7 Å². The number of hydrogen-bond donors (Lipinski definition) is 2. The predicted molar refractivity (Wildman–Crippen MR) is 79.1 cm³/mol. The Balaban J connectivity index is 1.69. The van der Waals surface area contributed by atoms with Crippen LogP contribution >= 0.6 is 22.7 Å². The highest BCUT2D eigenvalue weighted by molar-refractivity contribution is 7.16. The number of hydrogen-bond acceptors (Lipinski definition) is 5. The Morgan fingerprint density at radius 3 is 3.05 bits per heavy atom. The molecule has 6 heteroatoms. The Kier molecular flexibility index (Phi) is 3.63. The highest BCUT2D eigenvalue weighted by atomic mass is 32.1. The van der Waals surface area contributed by atoms with Crippen molar-refractivity contribution in [3.63, 3.8) is 0 Å². The number of aryl methyl sites for hydroxylation is 1. The number of thiazole rings is 1. The molecule has 1 saturated heterocycles. The lowest BCUT2D eigenvalue weighted by Gasteiger charge is -2.05. The van der Waals surface area contributed by atoms with E-state index in [0.717, 1.165) is 22.7 Å². The average Bonchev–Trinajstić information content (AvgIpc) is 3.08. The highest BCUT2D eigenvalue weighted by Crippen LogP contribution is 2.29. The van der Waals surface area contributed by atoms with Gasteiger partial charge in [0.2, 0.25) is 0 Å². The Labute approximate surface area is 119 Å². The summed E-state index contributed by atoms with van der Waals surface area (Å²) in [4.78, 5) is 19.3. The standard InChI is InChI=1S/C13H15N3OS2/c1-8-7-15-13(18-8)16-12(17)11-5-4-10(19-11)9-3-2-6-14-9/h4-5,7,9,14H,2-3,6H2,1H3,(H,15,16,17). The molecular formula is C13H15N3OS2. The number of carbonyl (C=O) groups excluding carboxylic acids is 1. The van der Waals surface area contributed by atoms with Crippen molar-refractivity contribution in [3.05, 3.63) is 33.0 Å². The lowest BCUT2D eigenvalue weighted by molar-refractivity contribution is 0.103. The van der Waals surface area contributed by atoms with Crippen LogP contribution in [0.3, 0.4) is 0 Å². The van der Waals surface area contributed by atoms with Gasteiger partial charge in [-0.05, 0) is 38.4 Å². The average molecular weight is 293 g/mol. The molecule has 0 radical (unpaired) electrons. The van der Waals surface area contributed by atoms with Crippen LogP contribution in [0.1, 0.15) is 38.3 Å². The lowest BCUT2D eigenvalue weighted by Crippen LogP contribution is -2.11. The number of thiophene rings is 1. The van der Waals surface area contributed by atoms with E-state index in [-0.39, 0.29) is 5.91 Å². The number of nitrogens with zero attached hydrogens (tertiary/aromatic N) is 1. The van der Waals surface area contributed by atoms with Crippen molar-refractivity contribution < 1.29 is 4.79 Å². The molecule has 1 fully saturated rings. The second kappa shape index (κ2) is 5.40. The number of nitrogens with one attached hydrogen (secondary N) is 2. The third-order valence-corrected chi connectivity index (χ3v) is 5.12. The Hall–Kier alpha value is -1.24. The van der Waals surface area contributed by atoms with Crippen LogP contribution < -0.4 is 10.6 Å². The minimum Gasteiger partial charge on any atom is -0.309 e. The second-order valence-corrected chi connectivity index (χ2v) is 6.93. The van der Waals surface area contributed by atoms with E-state index >= 15 is 0 Å². The molecule has 1 amide bonds. The first kappa shape index (κ1) is 12.8. The van der Waals surface area contributed by atoms with Crippen molar-refractivity contribution in [1.82, 2.24) is 10.3 Å².